The van der Waals surface area contributed by atoms with Crippen molar-refractivity contribution in [3.05, 3.63) is 16.7 Å². The number of aryl methyl sites for hydroxylation is 1. The minimum Gasteiger partial charge on any atom is -0.373 e. The molecule has 1 unspecified atom stereocenters. The van der Waals surface area contributed by atoms with Gasteiger partial charge in [0, 0.05) is 6.42 Å². The molecule has 0 fully saturated rings. The standard InChI is InChI=1S/C9H13ClN2O/c1-2-7-11-9(10)6-4-3-5-8(13)12(6)7/h8,13H,2-5H2,1H3. The number of imidazole rings is 1. The molecule has 1 aromatic rings. The van der Waals surface area contributed by atoms with Crippen molar-refractivity contribution in [1.29, 1.82) is 0 Å². The molecule has 4 heteroatoms. The van der Waals surface area contributed by atoms with Gasteiger partial charge >= 0.3 is 0 Å². The van der Waals surface area contributed by atoms with Gasteiger partial charge in [0.2, 0.25) is 0 Å². The van der Waals surface area contributed by atoms with E-state index in [0.717, 1.165) is 37.2 Å². The Morgan fingerprint density at radius 1 is 1.69 bits per heavy atom. The summed E-state index contributed by atoms with van der Waals surface area (Å²) in [6, 6.07) is 0. The lowest BCUT2D eigenvalue weighted by Crippen LogP contribution is -2.19. The van der Waals surface area contributed by atoms with Crippen LogP contribution in [0.15, 0.2) is 0 Å². The predicted octanol–water partition coefficient (Wildman–Crippen LogP) is 1.93. The smallest absolute Gasteiger partial charge is 0.150 e. The lowest BCUT2D eigenvalue weighted by molar-refractivity contribution is 0.0760. The van der Waals surface area contributed by atoms with Gasteiger partial charge in [0.05, 0.1) is 5.69 Å². The second kappa shape index (κ2) is 3.31. The third-order valence-electron chi connectivity index (χ3n) is 2.52. The van der Waals surface area contributed by atoms with Crippen LogP contribution in [0.1, 0.15) is 37.5 Å². The normalized spacial score (nSPS) is 21.6. The second-order valence-corrected chi connectivity index (χ2v) is 3.72. The first kappa shape index (κ1) is 9.03. The zero-order chi connectivity index (χ0) is 9.42. The Morgan fingerprint density at radius 2 is 2.46 bits per heavy atom. The van der Waals surface area contributed by atoms with E-state index in [1.807, 2.05) is 11.5 Å². The minimum absolute atomic E-state index is 0.418. The molecule has 0 aromatic carbocycles. The monoisotopic (exact) mass is 200 g/mol. The van der Waals surface area contributed by atoms with Gasteiger partial charge in [-0.15, -0.1) is 0 Å². The largest absolute Gasteiger partial charge is 0.373 e. The molecule has 1 N–H and O–H groups in total. The molecule has 0 radical (unpaired) electrons. The van der Waals surface area contributed by atoms with Crippen LogP contribution >= 0.6 is 11.6 Å². The molecule has 2 rings (SSSR count). The van der Waals surface area contributed by atoms with Crippen LogP contribution in [0.3, 0.4) is 0 Å². The highest BCUT2D eigenvalue weighted by Crippen LogP contribution is 2.29. The summed E-state index contributed by atoms with van der Waals surface area (Å²) in [7, 11) is 0. The van der Waals surface area contributed by atoms with E-state index in [9.17, 15) is 5.11 Å². The molecule has 0 bridgehead atoms. The van der Waals surface area contributed by atoms with E-state index in [1.54, 1.807) is 0 Å². The summed E-state index contributed by atoms with van der Waals surface area (Å²) in [5.41, 5.74) is 0.997. The third-order valence-corrected chi connectivity index (χ3v) is 2.83. The van der Waals surface area contributed by atoms with E-state index in [1.165, 1.54) is 0 Å². The molecule has 72 valence electrons. The van der Waals surface area contributed by atoms with E-state index in [0.29, 0.717) is 5.15 Å². The second-order valence-electron chi connectivity index (χ2n) is 3.36. The Hall–Kier alpha value is -0.540. The number of rotatable bonds is 1. The van der Waals surface area contributed by atoms with Crippen LogP contribution in [0, 0.1) is 0 Å². The van der Waals surface area contributed by atoms with Gasteiger partial charge in [0.1, 0.15) is 12.1 Å². The first-order valence-electron chi connectivity index (χ1n) is 4.67. The molecule has 13 heavy (non-hydrogen) atoms. The maximum atomic E-state index is 9.75. The Bertz CT molecular complexity index is 322. The van der Waals surface area contributed by atoms with E-state index < -0.39 is 6.23 Å². The fourth-order valence-electron chi connectivity index (χ4n) is 1.89. The fraction of sp³-hybridized carbons (Fsp3) is 0.667. The number of hydrogen-bond acceptors (Lipinski definition) is 2. The Morgan fingerprint density at radius 3 is 3.15 bits per heavy atom. The van der Waals surface area contributed by atoms with Gasteiger partial charge in [0.25, 0.3) is 0 Å². The summed E-state index contributed by atoms with van der Waals surface area (Å²) in [6.45, 7) is 2.02. The van der Waals surface area contributed by atoms with Crippen molar-refractivity contribution in [2.45, 2.75) is 38.8 Å². The Kier molecular flexibility index (Phi) is 2.30. The van der Waals surface area contributed by atoms with Gasteiger partial charge in [-0.3, -0.25) is 0 Å². The molecule has 0 aliphatic carbocycles. The van der Waals surface area contributed by atoms with Crippen LogP contribution in [-0.4, -0.2) is 14.7 Å². The van der Waals surface area contributed by atoms with Crippen molar-refractivity contribution in [3.8, 4) is 0 Å². The lowest BCUT2D eigenvalue weighted by atomic mass is 10.1. The van der Waals surface area contributed by atoms with Crippen molar-refractivity contribution >= 4 is 11.6 Å². The van der Waals surface area contributed by atoms with Crippen LogP contribution in [0.2, 0.25) is 5.15 Å². The zero-order valence-electron chi connectivity index (χ0n) is 7.63. The molecule has 2 heterocycles. The number of fused-ring (bicyclic) bond motifs is 1. The highest BCUT2D eigenvalue weighted by atomic mass is 35.5. The first-order chi connectivity index (χ1) is 6.24. The van der Waals surface area contributed by atoms with Gasteiger partial charge in [-0.25, -0.2) is 4.98 Å². The summed E-state index contributed by atoms with van der Waals surface area (Å²) < 4.78 is 1.88. The number of aromatic nitrogens is 2. The summed E-state index contributed by atoms with van der Waals surface area (Å²) in [4.78, 5) is 4.23. The van der Waals surface area contributed by atoms with E-state index in [4.69, 9.17) is 11.6 Å². The van der Waals surface area contributed by atoms with Crippen molar-refractivity contribution in [1.82, 2.24) is 9.55 Å². The van der Waals surface area contributed by atoms with Gasteiger partial charge in [-0.1, -0.05) is 18.5 Å². The lowest BCUT2D eigenvalue weighted by Gasteiger charge is -2.22. The average Bonchev–Trinajstić information content (AvgIpc) is 2.45. The van der Waals surface area contributed by atoms with Crippen molar-refractivity contribution in [3.63, 3.8) is 0 Å². The van der Waals surface area contributed by atoms with Gasteiger partial charge in [-0.05, 0) is 19.3 Å². The van der Waals surface area contributed by atoms with Gasteiger partial charge < -0.3 is 9.67 Å². The molecule has 3 nitrogen and oxygen atoms in total. The molecular formula is C9H13ClN2O. The average molecular weight is 201 g/mol. The molecule has 1 aliphatic heterocycles. The quantitative estimate of drug-likeness (QED) is 0.752. The molecule has 1 atom stereocenters. The number of aliphatic hydroxyl groups is 1. The predicted molar refractivity (Wildman–Crippen MR) is 50.8 cm³/mol. The molecule has 0 saturated carbocycles. The number of aliphatic hydroxyl groups excluding tert-OH is 1. The summed E-state index contributed by atoms with van der Waals surface area (Å²) >= 11 is 5.96. The third kappa shape index (κ3) is 1.36. The molecule has 0 spiro atoms. The SMILES string of the molecule is CCc1nc(Cl)c2n1C(O)CCC2. The number of hydrogen-bond donors (Lipinski definition) is 1. The van der Waals surface area contributed by atoms with Crippen LogP contribution in [0.5, 0.6) is 0 Å². The van der Waals surface area contributed by atoms with Gasteiger partial charge in [0.15, 0.2) is 5.15 Å². The van der Waals surface area contributed by atoms with E-state index in [-0.39, 0.29) is 0 Å². The number of nitrogens with zero attached hydrogens (tertiary/aromatic N) is 2. The molecule has 0 saturated heterocycles. The topological polar surface area (TPSA) is 38.0 Å². The molecule has 1 aromatic heterocycles. The Balaban J connectivity index is 2.52. The van der Waals surface area contributed by atoms with Crippen molar-refractivity contribution in [2.24, 2.45) is 0 Å². The molecule has 1 aliphatic rings. The molecule has 0 amide bonds. The number of halogens is 1. The van der Waals surface area contributed by atoms with Crippen LogP contribution in [-0.2, 0) is 12.8 Å². The summed E-state index contributed by atoms with van der Waals surface area (Å²) in [5.74, 6) is 0.896. The fourth-order valence-corrected chi connectivity index (χ4v) is 2.18. The van der Waals surface area contributed by atoms with Crippen LogP contribution in [0.25, 0.3) is 0 Å². The summed E-state index contributed by atoms with van der Waals surface area (Å²) in [6.07, 6.45) is 3.14. The first-order valence-corrected chi connectivity index (χ1v) is 5.05. The van der Waals surface area contributed by atoms with E-state index in [2.05, 4.69) is 4.98 Å². The highest BCUT2D eigenvalue weighted by Gasteiger charge is 2.23. The Labute approximate surface area is 82.4 Å². The highest BCUT2D eigenvalue weighted by molar-refractivity contribution is 6.30. The van der Waals surface area contributed by atoms with E-state index >= 15 is 0 Å². The maximum Gasteiger partial charge on any atom is 0.150 e. The van der Waals surface area contributed by atoms with Crippen LogP contribution < -0.4 is 0 Å². The molecular weight excluding hydrogens is 188 g/mol. The summed E-state index contributed by atoms with van der Waals surface area (Å²) in [5, 5.41) is 10.3. The zero-order valence-corrected chi connectivity index (χ0v) is 8.38. The van der Waals surface area contributed by atoms with Crippen molar-refractivity contribution in [2.75, 3.05) is 0 Å². The van der Waals surface area contributed by atoms with Crippen LogP contribution in [0.4, 0.5) is 0 Å². The van der Waals surface area contributed by atoms with Gasteiger partial charge in [-0.2, -0.15) is 0 Å². The van der Waals surface area contributed by atoms with Crippen molar-refractivity contribution < 1.29 is 5.11 Å². The minimum atomic E-state index is -0.418. The maximum absolute atomic E-state index is 9.75.